The number of carbonyl (C=O) groups excluding carboxylic acids is 1. The third-order valence-corrected chi connectivity index (χ3v) is 3.52. The van der Waals surface area contributed by atoms with Crippen LogP contribution in [-0.4, -0.2) is 20.5 Å². The average Bonchev–Trinajstić information content (AvgIpc) is 3.03. The van der Waals surface area contributed by atoms with Crippen LogP contribution in [0.2, 0.25) is 0 Å². The van der Waals surface area contributed by atoms with E-state index in [1.54, 1.807) is 29.9 Å². The number of hydrogen-bond acceptors (Lipinski definition) is 5. The number of aryl methyl sites for hydroxylation is 1. The highest BCUT2D eigenvalue weighted by Crippen LogP contribution is 2.29. The molecule has 0 saturated heterocycles. The number of ketones is 1. The number of hydrogen-bond donors (Lipinski definition) is 1. The molecular weight excluding hydrogens is 304 g/mol. The highest BCUT2D eigenvalue weighted by atomic mass is 16.6. The first-order chi connectivity index (χ1) is 11.6. The van der Waals surface area contributed by atoms with Crippen LogP contribution in [0.1, 0.15) is 29.8 Å². The fourth-order valence-electron chi connectivity index (χ4n) is 2.39. The lowest BCUT2D eigenvalue weighted by Crippen LogP contribution is -2.18. The molecule has 0 amide bonds. The van der Waals surface area contributed by atoms with Gasteiger partial charge in [0.2, 0.25) is 0 Å². The number of nitrogens with zero attached hydrogens (tertiary/aromatic N) is 3. The molecular formula is C18H18N4O2. The predicted molar refractivity (Wildman–Crippen MR) is 91.7 cm³/mol. The van der Waals surface area contributed by atoms with E-state index in [4.69, 9.17) is 4.84 Å². The van der Waals surface area contributed by atoms with E-state index in [0.717, 1.165) is 0 Å². The SMILES string of the molecule is C=C(C)NOc1c(C(=O)c2ccccc2)cnc2c1cnn2CC. The van der Waals surface area contributed by atoms with Gasteiger partial charge >= 0.3 is 0 Å². The van der Waals surface area contributed by atoms with E-state index in [9.17, 15) is 4.79 Å². The largest absolute Gasteiger partial charge is 0.381 e. The molecule has 0 unspecified atom stereocenters. The second-order valence-corrected chi connectivity index (χ2v) is 5.38. The smallest absolute Gasteiger partial charge is 0.198 e. The molecule has 3 aromatic rings. The zero-order valence-corrected chi connectivity index (χ0v) is 13.6. The number of nitrogens with one attached hydrogen (secondary N) is 1. The van der Waals surface area contributed by atoms with Crippen LogP contribution >= 0.6 is 0 Å². The van der Waals surface area contributed by atoms with Crippen molar-refractivity contribution < 1.29 is 9.63 Å². The summed E-state index contributed by atoms with van der Waals surface area (Å²) in [4.78, 5) is 22.9. The first-order valence-electron chi connectivity index (χ1n) is 7.64. The summed E-state index contributed by atoms with van der Waals surface area (Å²) >= 11 is 0. The van der Waals surface area contributed by atoms with E-state index in [1.807, 2.05) is 25.1 Å². The van der Waals surface area contributed by atoms with E-state index in [2.05, 4.69) is 22.1 Å². The maximum absolute atomic E-state index is 12.8. The first kappa shape index (κ1) is 15.7. The maximum Gasteiger partial charge on any atom is 0.198 e. The van der Waals surface area contributed by atoms with Crippen LogP contribution in [-0.2, 0) is 6.54 Å². The van der Waals surface area contributed by atoms with Crippen molar-refractivity contribution in [1.29, 1.82) is 0 Å². The fraction of sp³-hybridized carbons (Fsp3) is 0.167. The molecule has 0 atom stereocenters. The van der Waals surface area contributed by atoms with Crippen LogP contribution in [0.4, 0.5) is 0 Å². The lowest BCUT2D eigenvalue weighted by atomic mass is 10.0. The molecule has 122 valence electrons. The van der Waals surface area contributed by atoms with Gasteiger partial charge in [0.15, 0.2) is 17.2 Å². The molecule has 0 saturated carbocycles. The molecule has 2 heterocycles. The molecule has 2 aromatic heterocycles. The molecule has 0 aliphatic heterocycles. The Morgan fingerprint density at radius 1 is 1.29 bits per heavy atom. The molecule has 0 fully saturated rings. The summed E-state index contributed by atoms with van der Waals surface area (Å²) in [5.41, 5.74) is 4.95. The van der Waals surface area contributed by atoms with Crippen molar-refractivity contribution >= 4 is 16.8 Å². The molecule has 0 aliphatic carbocycles. The van der Waals surface area contributed by atoms with Crippen LogP contribution in [0, 0.1) is 0 Å². The van der Waals surface area contributed by atoms with Crippen molar-refractivity contribution in [3.63, 3.8) is 0 Å². The van der Waals surface area contributed by atoms with E-state index < -0.39 is 0 Å². The van der Waals surface area contributed by atoms with Gasteiger partial charge in [0, 0.05) is 24.0 Å². The number of carbonyl (C=O) groups is 1. The van der Waals surface area contributed by atoms with Crippen LogP contribution in [0.25, 0.3) is 11.0 Å². The molecule has 6 heteroatoms. The van der Waals surface area contributed by atoms with Gasteiger partial charge in [0.05, 0.1) is 17.1 Å². The monoisotopic (exact) mass is 322 g/mol. The summed E-state index contributed by atoms with van der Waals surface area (Å²) in [6.45, 7) is 8.17. The van der Waals surface area contributed by atoms with Crippen molar-refractivity contribution in [2.45, 2.75) is 20.4 Å². The third kappa shape index (κ3) is 2.86. The molecule has 3 rings (SSSR count). The summed E-state index contributed by atoms with van der Waals surface area (Å²) < 4.78 is 1.75. The van der Waals surface area contributed by atoms with Gasteiger partial charge in [-0.05, 0) is 13.8 Å². The van der Waals surface area contributed by atoms with Crippen LogP contribution in [0.5, 0.6) is 5.75 Å². The van der Waals surface area contributed by atoms with E-state index in [0.29, 0.717) is 40.2 Å². The Morgan fingerprint density at radius 3 is 2.71 bits per heavy atom. The number of fused-ring (bicyclic) bond motifs is 1. The highest BCUT2D eigenvalue weighted by molar-refractivity contribution is 6.12. The molecule has 0 radical (unpaired) electrons. The molecule has 6 nitrogen and oxygen atoms in total. The highest BCUT2D eigenvalue weighted by Gasteiger charge is 2.21. The maximum atomic E-state index is 12.8. The van der Waals surface area contributed by atoms with Gasteiger partial charge in [0.25, 0.3) is 0 Å². The molecule has 1 N–H and O–H groups in total. The summed E-state index contributed by atoms with van der Waals surface area (Å²) in [5.74, 6) is 0.240. The minimum absolute atomic E-state index is 0.159. The van der Waals surface area contributed by atoms with Crippen molar-refractivity contribution in [2.24, 2.45) is 0 Å². The molecule has 0 aliphatic rings. The number of aromatic nitrogens is 3. The first-order valence-corrected chi connectivity index (χ1v) is 7.64. The topological polar surface area (TPSA) is 69.0 Å². The quantitative estimate of drug-likeness (QED) is 0.558. The predicted octanol–water partition coefficient (Wildman–Crippen LogP) is 3.10. The van der Waals surface area contributed by atoms with Crippen molar-refractivity contribution in [3.8, 4) is 5.75 Å². The van der Waals surface area contributed by atoms with Gasteiger partial charge in [-0.2, -0.15) is 5.10 Å². The summed E-state index contributed by atoms with van der Waals surface area (Å²) in [6.07, 6.45) is 3.18. The standard InChI is InChI=1S/C18H18N4O2/c1-4-22-18-15(11-20-22)17(24-21-12(2)3)14(10-19-18)16(23)13-8-6-5-7-9-13/h5-11,21H,2,4H2,1,3H3. The van der Waals surface area contributed by atoms with Crippen molar-refractivity contribution in [1.82, 2.24) is 20.2 Å². The van der Waals surface area contributed by atoms with Crippen molar-refractivity contribution in [3.05, 3.63) is 66.1 Å². The number of rotatable bonds is 6. The lowest BCUT2D eigenvalue weighted by Gasteiger charge is -2.12. The Morgan fingerprint density at radius 2 is 2.04 bits per heavy atom. The number of allylic oxidation sites excluding steroid dienone is 1. The van der Waals surface area contributed by atoms with Crippen LogP contribution < -0.4 is 10.3 Å². The Hall–Kier alpha value is -3.15. The Balaban J connectivity index is 2.14. The number of hydroxylamine groups is 1. The summed E-state index contributed by atoms with van der Waals surface area (Å²) in [5, 5.41) is 4.96. The summed E-state index contributed by atoms with van der Waals surface area (Å²) in [6, 6.07) is 9.03. The van der Waals surface area contributed by atoms with Gasteiger partial charge in [-0.25, -0.2) is 15.1 Å². The Bertz CT molecular complexity index is 900. The van der Waals surface area contributed by atoms with Gasteiger partial charge < -0.3 is 4.84 Å². The zero-order valence-electron chi connectivity index (χ0n) is 13.6. The van der Waals surface area contributed by atoms with E-state index in [1.165, 1.54) is 6.20 Å². The average molecular weight is 322 g/mol. The van der Waals surface area contributed by atoms with Crippen LogP contribution in [0.3, 0.4) is 0 Å². The molecule has 1 aromatic carbocycles. The third-order valence-electron chi connectivity index (χ3n) is 3.52. The minimum Gasteiger partial charge on any atom is -0.381 e. The second kappa shape index (κ2) is 6.54. The zero-order chi connectivity index (χ0) is 17.1. The van der Waals surface area contributed by atoms with E-state index in [-0.39, 0.29) is 5.78 Å². The molecule has 24 heavy (non-hydrogen) atoms. The van der Waals surface area contributed by atoms with Gasteiger partial charge in [-0.3, -0.25) is 4.79 Å². The molecule has 0 bridgehead atoms. The van der Waals surface area contributed by atoms with Crippen molar-refractivity contribution in [2.75, 3.05) is 0 Å². The Kier molecular flexibility index (Phi) is 4.29. The van der Waals surface area contributed by atoms with Crippen LogP contribution in [0.15, 0.2) is 55.0 Å². The van der Waals surface area contributed by atoms with Gasteiger partial charge in [-0.15, -0.1) is 0 Å². The van der Waals surface area contributed by atoms with E-state index >= 15 is 0 Å². The summed E-state index contributed by atoms with van der Waals surface area (Å²) in [7, 11) is 0. The minimum atomic E-state index is -0.159. The number of pyridine rings is 1. The van der Waals surface area contributed by atoms with Gasteiger partial charge in [0.1, 0.15) is 0 Å². The number of benzene rings is 1. The fourth-order valence-corrected chi connectivity index (χ4v) is 2.39. The Labute approximate surface area is 139 Å². The normalized spacial score (nSPS) is 10.6. The second-order valence-electron chi connectivity index (χ2n) is 5.38. The molecule has 0 spiro atoms. The lowest BCUT2D eigenvalue weighted by molar-refractivity contribution is 0.103. The van der Waals surface area contributed by atoms with Gasteiger partial charge in [-0.1, -0.05) is 36.9 Å².